The van der Waals surface area contributed by atoms with E-state index in [-0.39, 0.29) is 25.1 Å². The molecule has 0 N–H and O–H groups in total. The number of ether oxygens (including phenoxy) is 2. The molecular weight excluding hydrogens is 336 g/mol. The minimum Gasteiger partial charge on any atom is -0.376 e. The van der Waals surface area contributed by atoms with Crippen LogP contribution in [0.2, 0.25) is 0 Å². The van der Waals surface area contributed by atoms with E-state index < -0.39 is 5.60 Å². The van der Waals surface area contributed by atoms with Crippen LogP contribution in [0.4, 0.5) is 10.5 Å². The van der Waals surface area contributed by atoms with E-state index in [1.54, 1.807) is 48.2 Å². The average Bonchev–Trinajstić information content (AvgIpc) is 2.86. The predicted octanol–water partition coefficient (Wildman–Crippen LogP) is 0.674. The zero-order valence-corrected chi connectivity index (χ0v) is 15.0. The third kappa shape index (κ3) is 3.64. The second kappa shape index (κ2) is 7.32. The topological polar surface area (TPSA) is 86.1 Å². The van der Waals surface area contributed by atoms with E-state index in [1.807, 2.05) is 0 Å². The van der Waals surface area contributed by atoms with Crippen molar-refractivity contribution in [1.29, 1.82) is 5.26 Å². The van der Waals surface area contributed by atoms with Crippen molar-refractivity contribution in [2.24, 2.45) is 0 Å². The first-order valence-electron chi connectivity index (χ1n) is 8.43. The first kappa shape index (κ1) is 18.2. The van der Waals surface area contributed by atoms with Crippen LogP contribution in [-0.2, 0) is 14.3 Å². The number of benzene rings is 1. The quantitative estimate of drug-likeness (QED) is 0.737. The number of nitrogens with zero attached hydrogens (tertiary/aromatic N) is 4. The van der Waals surface area contributed by atoms with E-state index in [9.17, 15) is 9.59 Å². The number of hydrogen-bond donors (Lipinski definition) is 0. The van der Waals surface area contributed by atoms with Crippen molar-refractivity contribution >= 4 is 17.6 Å². The van der Waals surface area contributed by atoms with Crippen molar-refractivity contribution in [1.82, 2.24) is 9.80 Å². The lowest BCUT2D eigenvalue weighted by molar-refractivity contribution is -0.145. The molecule has 3 amide bonds. The van der Waals surface area contributed by atoms with Crippen LogP contribution in [0.15, 0.2) is 24.3 Å². The first-order chi connectivity index (χ1) is 12.4. The van der Waals surface area contributed by atoms with Gasteiger partial charge in [-0.25, -0.2) is 4.79 Å². The SMILES string of the molecule is CN(C)C(=O)N1CCOC[C@]2(C1)CN(c1cccc(C#N)c1)C(=O)CO2. The summed E-state index contributed by atoms with van der Waals surface area (Å²) in [6.07, 6.45) is 0. The van der Waals surface area contributed by atoms with Gasteiger partial charge in [-0.05, 0) is 18.2 Å². The Kier molecular flexibility index (Phi) is 5.11. The largest absolute Gasteiger partial charge is 0.376 e. The van der Waals surface area contributed by atoms with Crippen LogP contribution in [-0.4, -0.2) is 80.9 Å². The van der Waals surface area contributed by atoms with Gasteiger partial charge in [-0.1, -0.05) is 6.07 Å². The number of carbonyl (C=O) groups is 2. The number of morpholine rings is 1. The molecule has 1 aromatic carbocycles. The molecule has 0 saturated carbocycles. The molecular formula is C18H22N4O4. The van der Waals surface area contributed by atoms with Gasteiger partial charge in [0.05, 0.1) is 37.9 Å². The van der Waals surface area contributed by atoms with Crippen LogP contribution < -0.4 is 4.90 Å². The first-order valence-corrected chi connectivity index (χ1v) is 8.43. The molecule has 2 heterocycles. The summed E-state index contributed by atoms with van der Waals surface area (Å²) in [7, 11) is 3.40. The van der Waals surface area contributed by atoms with Crippen LogP contribution in [0.25, 0.3) is 0 Å². The maximum absolute atomic E-state index is 12.4. The standard InChI is InChI=1S/C18H22N4O4/c1-20(2)17(24)21-6-7-25-13-18(11-21)12-22(16(23)10-26-18)15-5-3-4-14(8-15)9-19/h3-5,8H,6-7,10-13H2,1-2H3/t18-/m0/s1. The van der Waals surface area contributed by atoms with Crippen LogP contribution in [0.1, 0.15) is 5.56 Å². The van der Waals surface area contributed by atoms with Gasteiger partial charge in [0.1, 0.15) is 12.2 Å². The van der Waals surface area contributed by atoms with E-state index in [0.29, 0.717) is 37.6 Å². The number of hydrogen-bond acceptors (Lipinski definition) is 5. The van der Waals surface area contributed by atoms with Gasteiger partial charge in [0.15, 0.2) is 0 Å². The van der Waals surface area contributed by atoms with Crippen molar-refractivity contribution in [3.05, 3.63) is 29.8 Å². The van der Waals surface area contributed by atoms with Gasteiger partial charge in [0, 0.05) is 26.3 Å². The maximum Gasteiger partial charge on any atom is 0.319 e. The Balaban J connectivity index is 1.86. The van der Waals surface area contributed by atoms with Crippen LogP contribution in [0.5, 0.6) is 0 Å². The molecule has 8 nitrogen and oxygen atoms in total. The molecule has 3 rings (SSSR count). The summed E-state index contributed by atoms with van der Waals surface area (Å²) in [5.41, 5.74) is 0.336. The van der Waals surface area contributed by atoms with E-state index in [2.05, 4.69) is 6.07 Å². The second-order valence-corrected chi connectivity index (χ2v) is 6.76. The molecule has 0 unspecified atom stereocenters. The van der Waals surface area contributed by atoms with Gasteiger partial charge < -0.3 is 24.2 Å². The summed E-state index contributed by atoms with van der Waals surface area (Å²) < 4.78 is 11.6. The molecule has 0 bridgehead atoms. The molecule has 26 heavy (non-hydrogen) atoms. The van der Waals surface area contributed by atoms with Gasteiger partial charge in [-0.3, -0.25) is 4.79 Å². The van der Waals surface area contributed by atoms with Crippen LogP contribution in [0, 0.1) is 11.3 Å². The summed E-state index contributed by atoms with van der Waals surface area (Å²) in [5, 5.41) is 9.11. The lowest BCUT2D eigenvalue weighted by Gasteiger charge is -2.43. The fourth-order valence-electron chi connectivity index (χ4n) is 3.23. The highest BCUT2D eigenvalue weighted by atomic mass is 16.6. The summed E-state index contributed by atoms with van der Waals surface area (Å²) in [4.78, 5) is 29.6. The highest BCUT2D eigenvalue weighted by molar-refractivity contribution is 5.95. The summed E-state index contributed by atoms with van der Waals surface area (Å²) in [6, 6.07) is 8.87. The second-order valence-electron chi connectivity index (χ2n) is 6.76. The molecule has 2 aliphatic rings. The molecule has 8 heteroatoms. The number of rotatable bonds is 1. The van der Waals surface area contributed by atoms with Crippen molar-refractivity contribution in [3.8, 4) is 6.07 Å². The Morgan fingerprint density at radius 3 is 2.88 bits per heavy atom. The van der Waals surface area contributed by atoms with E-state index >= 15 is 0 Å². The third-order valence-corrected chi connectivity index (χ3v) is 4.54. The molecule has 1 atom stereocenters. The fourth-order valence-corrected chi connectivity index (χ4v) is 3.23. The Morgan fingerprint density at radius 1 is 1.35 bits per heavy atom. The van der Waals surface area contributed by atoms with Crippen LogP contribution in [0.3, 0.4) is 0 Å². The maximum atomic E-state index is 12.4. The molecule has 0 radical (unpaired) electrons. The molecule has 0 aliphatic carbocycles. The van der Waals surface area contributed by atoms with Crippen LogP contribution >= 0.6 is 0 Å². The molecule has 1 aromatic rings. The third-order valence-electron chi connectivity index (χ3n) is 4.54. The van der Waals surface area contributed by atoms with E-state index in [1.165, 1.54) is 4.90 Å². The smallest absolute Gasteiger partial charge is 0.319 e. The number of anilines is 1. The lowest BCUT2D eigenvalue weighted by Crippen LogP contribution is -2.61. The summed E-state index contributed by atoms with van der Waals surface area (Å²) >= 11 is 0. The molecule has 0 aromatic heterocycles. The minimum atomic E-state index is -0.793. The molecule has 2 fully saturated rings. The summed E-state index contributed by atoms with van der Waals surface area (Å²) in [6.45, 7) is 1.70. The van der Waals surface area contributed by atoms with E-state index in [0.717, 1.165) is 0 Å². The molecule has 2 saturated heterocycles. The average molecular weight is 358 g/mol. The van der Waals surface area contributed by atoms with Crippen molar-refractivity contribution in [2.75, 3.05) is 58.5 Å². The van der Waals surface area contributed by atoms with Gasteiger partial charge in [0.2, 0.25) is 0 Å². The molecule has 1 spiro atoms. The van der Waals surface area contributed by atoms with Gasteiger partial charge in [0.25, 0.3) is 5.91 Å². The number of urea groups is 1. The Morgan fingerprint density at radius 2 is 2.15 bits per heavy atom. The number of amides is 3. The van der Waals surface area contributed by atoms with Crippen molar-refractivity contribution in [3.63, 3.8) is 0 Å². The number of carbonyl (C=O) groups excluding carboxylic acids is 2. The Labute approximate surface area is 152 Å². The zero-order valence-electron chi connectivity index (χ0n) is 15.0. The van der Waals surface area contributed by atoms with Crippen molar-refractivity contribution in [2.45, 2.75) is 5.60 Å². The van der Waals surface area contributed by atoms with Gasteiger partial charge >= 0.3 is 6.03 Å². The molecule has 138 valence electrons. The normalized spacial score (nSPS) is 23.5. The van der Waals surface area contributed by atoms with Gasteiger partial charge in [-0.2, -0.15) is 5.26 Å². The Hall–Kier alpha value is -2.63. The predicted molar refractivity (Wildman–Crippen MR) is 93.7 cm³/mol. The number of nitriles is 1. The van der Waals surface area contributed by atoms with E-state index in [4.69, 9.17) is 14.7 Å². The highest BCUT2D eigenvalue weighted by Crippen LogP contribution is 2.28. The van der Waals surface area contributed by atoms with Crippen molar-refractivity contribution < 1.29 is 19.1 Å². The zero-order chi connectivity index (χ0) is 18.7. The summed E-state index contributed by atoms with van der Waals surface area (Å²) in [5.74, 6) is -0.180. The Bertz CT molecular complexity index is 745. The monoisotopic (exact) mass is 358 g/mol. The lowest BCUT2D eigenvalue weighted by atomic mass is 10.0. The minimum absolute atomic E-state index is 0.0931. The fraction of sp³-hybridized carbons (Fsp3) is 0.500. The van der Waals surface area contributed by atoms with Gasteiger partial charge in [-0.15, -0.1) is 0 Å². The highest BCUT2D eigenvalue weighted by Gasteiger charge is 2.44. The molecule has 2 aliphatic heterocycles.